The summed E-state index contributed by atoms with van der Waals surface area (Å²) in [7, 11) is -4.75. The molecule has 3 atom stereocenters. The maximum absolute atomic E-state index is 13.0. The molecule has 2 amide bonds. The third kappa shape index (κ3) is 51.1. The van der Waals surface area contributed by atoms with E-state index >= 15 is 0 Å². The van der Waals surface area contributed by atoms with Crippen LogP contribution in [0.1, 0.15) is 244 Å². The van der Waals surface area contributed by atoms with Crippen LogP contribution in [0, 0.1) is 39.9 Å². The van der Waals surface area contributed by atoms with Gasteiger partial charge in [0, 0.05) is 116 Å². The second kappa shape index (κ2) is 58.1. The van der Waals surface area contributed by atoms with Crippen molar-refractivity contribution in [2.45, 2.75) is 257 Å². The molecule has 0 aliphatic carbocycles. The van der Waals surface area contributed by atoms with Crippen LogP contribution in [0.4, 0.5) is 5.69 Å². The number of benzene rings is 1. The van der Waals surface area contributed by atoms with Gasteiger partial charge in [0.05, 0.1) is 37.1 Å². The fourth-order valence-corrected chi connectivity index (χ4v) is 12.2. The number of ether oxygens (including phenoxy) is 2. The number of rotatable bonds is 57. The number of carboxylic acids is 4. The molecular weight excluding hydrogens is 1390 g/mol. The van der Waals surface area contributed by atoms with Gasteiger partial charge in [0.25, 0.3) is 0 Å². The third-order valence-electron chi connectivity index (χ3n) is 17.0. The van der Waals surface area contributed by atoms with E-state index in [1.165, 1.54) is 150 Å². The van der Waals surface area contributed by atoms with Crippen molar-refractivity contribution >= 4 is 61.1 Å². The molecule has 1 saturated heterocycles. The number of carboxylic acid groups (broad SMARTS) is 4. The van der Waals surface area contributed by atoms with E-state index in [0.29, 0.717) is 24.1 Å². The van der Waals surface area contributed by atoms with E-state index in [1.54, 1.807) is 29.2 Å². The Balaban J connectivity index is 0.0000451. The Morgan fingerprint density at radius 3 is 1.27 bits per heavy atom. The van der Waals surface area contributed by atoms with E-state index in [9.17, 15) is 68.2 Å². The molecule has 1 fully saturated rings. The van der Waals surface area contributed by atoms with Gasteiger partial charge in [-0.25, -0.2) is 4.57 Å². The molecule has 1 aromatic rings. The van der Waals surface area contributed by atoms with E-state index in [2.05, 4.69) is 24.5 Å². The number of nitrogens with zero attached hydrogens (tertiary/aromatic N) is 4. The van der Waals surface area contributed by atoms with E-state index in [-0.39, 0.29) is 144 Å². The van der Waals surface area contributed by atoms with Gasteiger partial charge in [0.15, 0.2) is 6.10 Å². The molecule has 1 heterocycles. The van der Waals surface area contributed by atoms with Crippen LogP contribution < -0.4 is 31.1 Å². The normalized spacial score (nSPS) is 15.1. The molecule has 1 aliphatic rings. The SMILES string of the molecule is CCCCCCCCCCCCCCCCCC(=O)OCC(COP(=O)(O)OCCNC(=O)CCC(=O)Nc1ccc(CCC(C(=O)[O-])N2CCN(CC(=O)[O-])CCN(CC(=O)[O-])CCN(CC(=O)[O-])CC2)cc1)OC(=O)CCCCCCCCCCCCCCCCC.[Gd+3]. The molecule has 3 N–H and O–H groups in total. The summed E-state index contributed by atoms with van der Waals surface area (Å²) >= 11 is 0. The van der Waals surface area contributed by atoms with Crippen molar-refractivity contribution in [3.05, 3.63) is 29.8 Å². The molecule has 1 aliphatic heterocycles. The molecule has 1 aromatic carbocycles. The molecule has 95 heavy (non-hydrogen) atoms. The Bertz CT molecular complexity index is 2260. The van der Waals surface area contributed by atoms with Crippen LogP contribution >= 0.6 is 7.82 Å². The van der Waals surface area contributed by atoms with Crippen molar-refractivity contribution in [1.29, 1.82) is 0 Å². The number of phosphoric ester groups is 1. The van der Waals surface area contributed by atoms with Crippen LogP contribution in [0.15, 0.2) is 24.3 Å². The van der Waals surface area contributed by atoms with Gasteiger partial charge in [-0.05, 0) is 43.4 Å². The van der Waals surface area contributed by atoms with Gasteiger partial charge >= 0.3 is 59.7 Å². The molecule has 2 rings (SSSR count). The number of unbranched alkanes of at least 4 members (excludes halogenated alkanes) is 28. The molecular formula is C69H117GdN6O18P-. The van der Waals surface area contributed by atoms with Crippen molar-refractivity contribution in [3.8, 4) is 0 Å². The number of esters is 2. The number of amides is 2. The quantitative estimate of drug-likeness (QED) is 0.0373. The van der Waals surface area contributed by atoms with E-state index < -0.39 is 100 Å². The zero-order valence-corrected chi connectivity index (χ0v) is 60.7. The maximum atomic E-state index is 13.0. The van der Waals surface area contributed by atoms with Crippen LogP contribution in [0.2, 0.25) is 0 Å². The molecule has 24 nitrogen and oxygen atoms in total. The van der Waals surface area contributed by atoms with E-state index in [0.717, 1.165) is 44.9 Å². The van der Waals surface area contributed by atoms with Gasteiger partial charge in [0.2, 0.25) is 11.8 Å². The average molecular weight is 1510 g/mol. The topological polar surface area (TPSA) is 340 Å². The standard InChI is InChI=1S/C69H121N6O18P.Gd/c1-3-5-7-9-11-13-15-17-19-21-23-25-27-29-31-33-67(84)90-56-60(93-68(85)34-32-30-28-26-24-22-20-18-16-14-12-10-8-6-4-2)57-92-94(88,89)91-52-43-70-62(76)41-42-63(77)71-59-38-35-58(36-39-59)37-40-61(69(86)87)75-50-48-73(54-65(80)81)46-44-72(53-64(78)79)45-47-74(49-51-75)55-66(82)83;/h35-36,38-39,60-61H,3-34,37,40-57H2,1-2H3,(H,70,76)(H,71,77)(H,78,79)(H,80,81)(H,82,83)(H,86,87)(H,88,89);/q;+3/p-4. The van der Waals surface area contributed by atoms with Gasteiger partial charge in [-0.15, -0.1) is 0 Å². The number of hydrogen-bond donors (Lipinski definition) is 3. The number of anilines is 1. The predicted octanol–water partition coefficient (Wildman–Crippen LogP) is 6.16. The van der Waals surface area contributed by atoms with Gasteiger partial charge in [-0.2, -0.15) is 0 Å². The minimum absolute atomic E-state index is 0. The summed E-state index contributed by atoms with van der Waals surface area (Å²) in [6.07, 6.45) is 34.6. The number of aryl methyl sites for hydroxylation is 1. The molecule has 0 saturated carbocycles. The van der Waals surface area contributed by atoms with Gasteiger partial charge in [-0.1, -0.05) is 206 Å². The average Bonchev–Trinajstić information content (AvgIpc) is 1.15. The maximum Gasteiger partial charge on any atom is 3.00 e. The van der Waals surface area contributed by atoms with Crippen molar-refractivity contribution < 1.29 is 127 Å². The molecule has 545 valence electrons. The summed E-state index contributed by atoms with van der Waals surface area (Å²) in [5.41, 5.74) is 1.10. The monoisotopic (exact) mass is 1510 g/mol. The Hall–Kier alpha value is -3.75. The van der Waals surface area contributed by atoms with Gasteiger partial charge in [-0.3, -0.25) is 47.8 Å². The zero-order valence-electron chi connectivity index (χ0n) is 57.5. The molecule has 0 bridgehead atoms. The number of phosphoric acid groups is 1. The van der Waals surface area contributed by atoms with Crippen LogP contribution in [-0.4, -0.2) is 183 Å². The third-order valence-corrected chi connectivity index (χ3v) is 17.9. The Labute approximate surface area is 599 Å². The first-order chi connectivity index (χ1) is 45.3. The van der Waals surface area contributed by atoms with Crippen LogP contribution in [0.5, 0.6) is 0 Å². The summed E-state index contributed by atoms with van der Waals surface area (Å²) in [5, 5.41) is 52.5. The number of carbonyl (C=O) groups is 8. The van der Waals surface area contributed by atoms with Crippen molar-refractivity contribution in [2.75, 3.05) is 104 Å². The minimum Gasteiger partial charge on any atom is -0.549 e. The Kier molecular flexibility index (Phi) is 54.6. The van der Waals surface area contributed by atoms with Crippen molar-refractivity contribution in [1.82, 2.24) is 24.9 Å². The fourth-order valence-electron chi connectivity index (χ4n) is 11.4. The molecule has 26 heteroatoms. The van der Waals surface area contributed by atoms with E-state index in [1.807, 2.05) is 0 Å². The molecule has 1 radical (unpaired) electrons. The summed E-state index contributed by atoms with van der Waals surface area (Å²) in [6.45, 7) is 2.02. The Morgan fingerprint density at radius 2 is 0.874 bits per heavy atom. The van der Waals surface area contributed by atoms with Crippen LogP contribution in [0.25, 0.3) is 0 Å². The fraction of sp³-hybridized carbons (Fsp3) is 0.797. The number of aliphatic carboxylic acids is 4. The number of carbonyl (C=O) groups excluding carboxylic acids is 8. The number of hydrogen-bond acceptors (Lipinski definition) is 21. The zero-order chi connectivity index (χ0) is 68.9. The Morgan fingerprint density at radius 1 is 0.495 bits per heavy atom. The van der Waals surface area contributed by atoms with Gasteiger partial charge < -0.3 is 64.6 Å². The van der Waals surface area contributed by atoms with Crippen molar-refractivity contribution in [3.63, 3.8) is 0 Å². The van der Waals surface area contributed by atoms with E-state index in [4.69, 9.17) is 18.5 Å². The first kappa shape index (κ1) is 89.3. The minimum atomic E-state index is -4.75. The summed E-state index contributed by atoms with van der Waals surface area (Å²) in [5.74, 6) is -7.56. The number of nitrogens with one attached hydrogen (secondary N) is 2. The van der Waals surface area contributed by atoms with Gasteiger partial charge in [0.1, 0.15) is 6.61 Å². The molecule has 0 aromatic heterocycles. The second-order valence-electron chi connectivity index (χ2n) is 25.2. The van der Waals surface area contributed by atoms with Crippen LogP contribution in [-0.2, 0) is 67.9 Å². The molecule has 0 spiro atoms. The summed E-state index contributed by atoms with van der Waals surface area (Å²) in [6, 6.07) is 5.40. The summed E-state index contributed by atoms with van der Waals surface area (Å²) in [4.78, 5) is 115. The smallest absolute Gasteiger partial charge is 0.549 e. The first-order valence-electron chi connectivity index (χ1n) is 35.6. The molecule has 3 unspecified atom stereocenters. The summed E-state index contributed by atoms with van der Waals surface area (Å²) < 4.78 is 34.3. The van der Waals surface area contributed by atoms with Crippen LogP contribution in [0.3, 0.4) is 0 Å². The van der Waals surface area contributed by atoms with Crippen molar-refractivity contribution in [2.24, 2.45) is 0 Å². The predicted molar refractivity (Wildman–Crippen MR) is 352 cm³/mol. The first-order valence-corrected chi connectivity index (χ1v) is 37.1. The second-order valence-corrected chi connectivity index (χ2v) is 26.7. The largest absolute Gasteiger partial charge is 3.00 e.